The van der Waals surface area contributed by atoms with Crippen LogP contribution in [0, 0.1) is 11.8 Å². The number of nitrogens with one attached hydrogen (secondary N) is 1. The van der Waals surface area contributed by atoms with Gasteiger partial charge in [-0.15, -0.1) is 0 Å². The minimum absolute atomic E-state index is 0.221. The summed E-state index contributed by atoms with van der Waals surface area (Å²) in [5.41, 5.74) is 4.88. The molecule has 1 aliphatic heterocycles. The summed E-state index contributed by atoms with van der Waals surface area (Å²) < 4.78 is 0. The molecule has 0 aliphatic carbocycles. The number of hydrogen-bond donors (Lipinski definition) is 1. The molecule has 0 saturated heterocycles. The Morgan fingerprint density at radius 2 is 1.93 bits per heavy atom. The van der Waals surface area contributed by atoms with Gasteiger partial charge in [-0.05, 0) is 31.6 Å². The lowest BCUT2D eigenvalue weighted by Gasteiger charge is -2.25. The zero-order valence-corrected chi connectivity index (χ0v) is 10.2. The number of hydrazone groups is 1. The van der Waals surface area contributed by atoms with Gasteiger partial charge in [0.25, 0.3) is 0 Å². The maximum absolute atomic E-state index is 4.45. The molecule has 0 aromatic heterocycles. The van der Waals surface area contributed by atoms with Crippen LogP contribution in [-0.4, -0.2) is 11.3 Å². The first-order valence-corrected chi connectivity index (χ1v) is 5.74. The fraction of sp³-hybridized carbons (Fsp3) is 0.917. The van der Waals surface area contributed by atoms with Crippen molar-refractivity contribution in [3.05, 3.63) is 0 Å². The molecule has 0 saturated carbocycles. The summed E-state index contributed by atoms with van der Waals surface area (Å²) in [5.74, 6) is 1.46. The minimum Gasteiger partial charge on any atom is -0.304 e. The third-order valence-electron chi connectivity index (χ3n) is 2.58. The highest BCUT2D eigenvalue weighted by atomic mass is 15.4. The molecule has 0 fully saturated rings. The van der Waals surface area contributed by atoms with Crippen LogP contribution in [0.3, 0.4) is 0 Å². The van der Waals surface area contributed by atoms with E-state index in [-0.39, 0.29) is 5.54 Å². The summed E-state index contributed by atoms with van der Waals surface area (Å²) in [4.78, 5) is 0. The van der Waals surface area contributed by atoms with E-state index in [9.17, 15) is 0 Å². The molecule has 0 spiro atoms. The Bertz CT molecular complexity index is 218. The van der Waals surface area contributed by atoms with Gasteiger partial charge in [0.15, 0.2) is 0 Å². The molecule has 0 amide bonds. The average molecular weight is 196 g/mol. The average Bonchev–Trinajstić information content (AvgIpc) is 2.28. The van der Waals surface area contributed by atoms with Crippen LogP contribution in [0.25, 0.3) is 0 Å². The molecule has 0 radical (unpaired) electrons. The van der Waals surface area contributed by atoms with E-state index in [1.807, 2.05) is 0 Å². The zero-order valence-electron chi connectivity index (χ0n) is 10.2. The van der Waals surface area contributed by atoms with E-state index in [0.29, 0.717) is 0 Å². The smallest absolute Gasteiger partial charge is 0.0575 e. The van der Waals surface area contributed by atoms with Gasteiger partial charge in [0, 0.05) is 12.1 Å². The summed E-state index contributed by atoms with van der Waals surface area (Å²) >= 11 is 0. The van der Waals surface area contributed by atoms with Crippen LogP contribution >= 0.6 is 0 Å². The molecule has 0 aromatic rings. The Labute approximate surface area is 88.2 Å². The number of rotatable bonds is 4. The summed E-state index contributed by atoms with van der Waals surface area (Å²) in [5, 5.41) is 4.45. The molecule has 14 heavy (non-hydrogen) atoms. The Kier molecular flexibility index (Phi) is 3.57. The predicted molar refractivity (Wildman–Crippen MR) is 62.5 cm³/mol. The number of nitrogens with zero attached hydrogens (tertiary/aromatic N) is 1. The van der Waals surface area contributed by atoms with Crippen molar-refractivity contribution in [2.45, 2.75) is 59.4 Å². The van der Waals surface area contributed by atoms with Crippen molar-refractivity contribution >= 4 is 5.71 Å². The third-order valence-corrected chi connectivity index (χ3v) is 2.58. The van der Waals surface area contributed by atoms with Gasteiger partial charge in [0.2, 0.25) is 0 Å². The Morgan fingerprint density at radius 1 is 1.29 bits per heavy atom. The summed E-state index contributed by atoms with van der Waals surface area (Å²) in [7, 11) is 0. The molecular weight excluding hydrogens is 172 g/mol. The molecule has 1 unspecified atom stereocenters. The second-order valence-electron chi connectivity index (χ2n) is 5.72. The fourth-order valence-electron chi connectivity index (χ4n) is 2.35. The molecule has 1 N–H and O–H groups in total. The van der Waals surface area contributed by atoms with Crippen LogP contribution < -0.4 is 5.43 Å². The van der Waals surface area contributed by atoms with Crippen LogP contribution in [0.15, 0.2) is 5.10 Å². The molecule has 0 bridgehead atoms. The molecule has 1 atom stereocenters. The van der Waals surface area contributed by atoms with Crippen LogP contribution in [0.5, 0.6) is 0 Å². The SMILES string of the molecule is CC(C)CC1=NNC(C)(CC(C)C)C1. The molecule has 2 heteroatoms. The van der Waals surface area contributed by atoms with Crippen LogP contribution in [0.2, 0.25) is 0 Å². The molecular formula is C12H24N2. The Morgan fingerprint density at radius 3 is 2.43 bits per heavy atom. The van der Waals surface area contributed by atoms with Crippen molar-refractivity contribution in [2.75, 3.05) is 0 Å². The van der Waals surface area contributed by atoms with E-state index in [1.165, 1.54) is 12.1 Å². The quantitative estimate of drug-likeness (QED) is 0.733. The van der Waals surface area contributed by atoms with Crippen molar-refractivity contribution in [3.63, 3.8) is 0 Å². The van der Waals surface area contributed by atoms with Crippen molar-refractivity contribution in [3.8, 4) is 0 Å². The Hall–Kier alpha value is -0.530. The first kappa shape index (κ1) is 11.5. The summed E-state index contributed by atoms with van der Waals surface area (Å²) in [6.45, 7) is 11.3. The van der Waals surface area contributed by atoms with Crippen LogP contribution in [0.1, 0.15) is 53.9 Å². The van der Waals surface area contributed by atoms with Crippen molar-refractivity contribution in [1.82, 2.24) is 5.43 Å². The van der Waals surface area contributed by atoms with E-state index in [1.54, 1.807) is 0 Å². The van der Waals surface area contributed by atoms with Gasteiger partial charge in [-0.2, -0.15) is 5.10 Å². The molecule has 1 rings (SSSR count). The monoisotopic (exact) mass is 196 g/mol. The lowest BCUT2D eigenvalue weighted by molar-refractivity contribution is 0.326. The van der Waals surface area contributed by atoms with Gasteiger partial charge < -0.3 is 5.43 Å². The van der Waals surface area contributed by atoms with E-state index in [2.05, 4.69) is 45.1 Å². The van der Waals surface area contributed by atoms with E-state index in [4.69, 9.17) is 0 Å². The van der Waals surface area contributed by atoms with Crippen molar-refractivity contribution in [2.24, 2.45) is 16.9 Å². The highest BCUT2D eigenvalue weighted by Crippen LogP contribution is 2.26. The second-order valence-corrected chi connectivity index (χ2v) is 5.72. The summed E-state index contributed by atoms with van der Waals surface area (Å²) in [6, 6.07) is 0. The first-order valence-electron chi connectivity index (χ1n) is 5.74. The highest BCUT2D eigenvalue weighted by molar-refractivity contribution is 5.86. The minimum atomic E-state index is 0.221. The molecule has 82 valence electrons. The molecule has 2 nitrogen and oxygen atoms in total. The third kappa shape index (κ3) is 3.32. The largest absolute Gasteiger partial charge is 0.304 e. The van der Waals surface area contributed by atoms with E-state index in [0.717, 1.165) is 24.7 Å². The first-order chi connectivity index (χ1) is 6.41. The highest BCUT2D eigenvalue weighted by Gasteiger charge is 2.31. The Balaban J connectivity index is 2.43. The van der Waals surface area contributed by atoms with E-state index < -0.39 is 0 Å². The van der Waals surface area contributed by atoms with Gasteiger partial charge in [-0.3, -0.25) is 0 Å². The van der Waals surface area contributed by atoms with Crippen LogP contribution in [-0.2, 0) is 0 Å². The maximum Gasteiger partial charge on any atom is 0.0575 e. The second kappa shape index (κ2) is 4.33. The van der Waals surface area contributed by atoms with Gasteiger partial charge in [-0.25, -0.2) is 0 Å². The maximum atomic E-state index is 4.45. The van der Waals surface area contributed by atoms with E-state index >= 15 is 0 Å². The molecule has 1 aliphatic rings. The lowest BCUT2D eigenvalue weighted by atomic mass is 9.86. The lowest BCUT2D eigenvalue weighted by Crippen LogP contribution is -2.36. The zero-order chi connectivity index (χ0) is 10.8. The van der Waals surface area contributed by atoms with Gasteiger partial charge in [-0.1, -0.05) is 27.7 Å². The molecule has 0 aromatic carbocycles. The van der Waals surface area contributed by atoms with Gasteiger partial charge in [0.1, 0.15) is 0 Å². The van der Waals surface area contributed by atoms with Crippen molar-refractivity contribution in [1.29, 1.82) is 0 Å². The standard InChI is InChI=1S/C12H24N2/c1-9(2)6-11-8-12(5,14-13-11)7-10(3)4/h9-10,14H,6-8H2,1-5H3. The fourth-order valence-corrected chi connectivity index (χ4v) is 2.35. The summed E-state index contributed by atoms with van der Waals surface area (Å²) in [6.07, 6.45) is 3.47. The normalized spacial score (nSPS) is 26.9. The topological polar surface area (TPSA) is 24.4 Å². The van der Waals surface area contributed by atoms with Crippen LogP contribution in [0.4, 0.5) is 0 Å². The molecule has 1 heterocycles. The van der Waals surface area contributed by atoms with Crippen molar-refractivity contribution < 1.29 is 0 Å². The van der Waals surface area contributed by atoms with Gasteiger partial charge in [0.05, 0.1) is 5.54 Å². The van der Waals surface area contributed by atoms with Gasteiger partial charge >= 0.3 is 0 Å². The number of hydrogen-bond acceptors (Lipinski definition) is 2. The predicted octanol–water partition coefficient (Wildman–Crippen LogP) is 3.19.